The number of primary amides is 1. The largest absolute Gasteiger partial charge is 0.380 e. The van der Waals surface area contributed by atoms with Gasteiger partial charge in [-0.2, -0.15) is 0 Å². The van der Waals surface area contributed by atoms with Crippen molar-refractivity contribution in [1.82, 2.24) is 10.2 Å². The van der Waals surface area contributed by atoms with Gasteiger partial charge in [0.15, 0.2) is 5.78 Å². The normalized spacial score (nSPS) is 25.8. The lowest BCUT2D eigenvalue weighted by atomic mass is 9.78. The number of nitrogens with zero attached hydrogens (tertiary/aromatic N) is 1. The summed E-state index contributed by atoms with van der Waals surface area (Å²) in [5, 5.41) is 6.76. The summed E-state index contributed by atoms with van der Waals surface area (Å²) in [6.45, 7) is 0.783. The molecule has 0 bridgehead atoms. The minimum Gasteiger partial charge on any atom is -0.380 e. The van der Waals surface area contributed by atoms with Crippen LogP contribution in [0.2, 0.25) is 0 Å². The van der Waals surface area contributed by atoms with Crippen molar-refractivity contribution >= 4 is 17.5 Å². The van der Waals surface area contributed by atoms with Gasteiger partial charge in [0, 0.05) is 24.2 Å². The van der Waals surface area contributed by atoms with Crippen LogP contribution in [0.4, 0.5) is 10.5 Å². The monoisotopic (exact) mass is 488 g/mol. The zero-order valence-corrected chi connectivity index (χ0v) is 21.2. The van der Waals surface area contributed by atoms with E-state index in [-0.39, 0.29) is 24.2 Å². The summed E-state index contributed by atoms with van der Waals surface area (Å²) >= 11 is 0. The molecule has 3 aliphatic rings. The summed E-state index contributed by atoms with van der Waals surface area (Å²) < 4.78 is 0. The summed E-state index contributed by atoms with van der Waals surface area (Å²) in [7, 11) is 0. The number of carbonyl (C=O) groups excluding carboxylic acids is 2. The lowest BCUT2D eigenvalue weighted by Crippen LogP contribution is -2.64. The van der Waals surface area contributed by atoms with E-state index in [9.17, 15) is 9.59 Å². The van der Waals surface area contributed by atoms with E-state index in [4.69, 9.17) is 5.73 Å². The predicted octanol–water partition coefficient (Wildman–Crippen LogP) is 4.88. The lowest BCUT2D eigenvalue weighted by Gasteiger charge is -2.47. The molecule has 0 radical (unpaired) electrons. The van der Waals surface area contributed by atoms with Crippen LogP contribution in [-0.4, -0.2) is 41.5 Å². The molecule has 2 aliphatic heterocycles. The van der Waals surface area contributed by atoms with Gasteiger partial charge in [-0.3, -0.25) is 9.69 Å². The van der Waals surface area contributed by atoms with E-state index in [2.05, 4.69) is 64.1 Å². The van der Waals surface area contributed by atoms with Gasteiger partial charge in [0.2, 0.25) is 0 Å². The van der Waals surface area contributed by atoms with Crippen LogP contribution in [0.5, 0.6) is 0 Å². The van der Waals surface area contributed by atoms with Crippen LogP contribution < -0.4 is 16.4 Å². The molecule has 192 valence electrons. The van der Waals surface area contributed by atoms with Crippen LogP contribution in [-0.2, 0) is 17.6 Å². The number of hydrogen-bond donors (Lipinski definition) is 3. The van der Waals surface area contributed by atoms with Gasteiger partial charge >= 0.3 is 6.03 Å². The molecule has 5 rings (SSSR count). The number of Topliss-reactive ketones (excluding diaryl/α,β-unsaturated/α-hetero) is 1. The second kappa shape index (κ2) is 11.5. The number of rotatable bonds is 7. The number of anilines is 1. The number of carbonyl (C=O) groups is 2. The van der Waals surface area contributed by atoms with Gasteiger partial charge < -0.3 is 16.4 Å². The van der Waals surface area contributed by atoms with Gasteiger partial charge in [0.25, 0.3) is 0 Å². The number of para-hydroxylation sites is 1. The highest BCUT2D eigenvalue weighted by atomic mass is 16.2. The van der Waals surface area contributed by atoms with Crippen LogP contribution >= 0.6 is 0 Å². The number of hydrogen-bond acceptors (Lipinski definition) is 4. The molecule has 2 aromatic carbocycles. The van der Waals surface area contributed by atoms with Crippen molar-refractivity contribution in [3.8, 4) is 0 Å². The van der Waals surface area contributed by atoms with Gasteiger partial charge in [-0.05, 0) is 68.1 Å². The number of nitrogens with one attached hydrogen (secondary N) is 2. The maximum absolute atomic E-state index is 14.2. The first-order valence-corrected chi connectivity index (χ1v) is 13.8. The molecule has 6 heteroatoms. The minimum absolute atomic E-state index is 0.0252. The average Bonchev–Trinajstić information content (AvgIpc) is 2.90. The Morgan fingerprint density at radius 1 is 0.972 bits per heavy atom. The van der Waals surface area contributed by atoms with Crippen LogP contribution in [0.3, 0.4) is 0 Å². The van der Waals surface area contributed by atoms with Gasteiger partial charge in [0.1, 0.15) is 0 Å². The molecular weight excluding hydrogens is 448 g/mol. The van der Waals surface area contributed by atoms with E-state index >= 15 is 0 Å². The Bertz CT molecular complexity index is 1040. The number of benzene rings is 2. The van der Waals surface area contributed by atoms with E-state index in [0.29, 0.717) is 11.7 Å². The van der Waals surface area contributed by atoms with Gasteiger partial charge in [0.05, 0.1) is 12.2 Å². The van der Waals surface area contributed by atoms with Crippen molar-refractivity contribution in [1.29, 1.82) is 0 Å². The molecule has 4 atom stereocenters. The Hall–Kier alpha value is -2.86. The SMILES string of the molecule is NC(=O)NC1CC(Cc2ccccc2)CCN1C(C(=O)C1CCCCC1)C1CCc2ccccc2N1. The maximum Gasteiger partial charge on any atom is 0.313 e. The molecule has 1 saturated heterocycles. The average molecular weight is 489 g/mol. The molecule has 4 unspecified atom stereocenters. The highest BCUT2D eigenvalue weighted by molar-refractivity contribution is 5.88. The number of likely N-dealkylation sites (tertiary alicyclic amines) is 1. The number of ketones is 1. The summed E-state index contributed by atoms with van der Waals surface area (Å²) in [6, 6.07) is 18.2. The number of amides is 2. The topological polar surface area (TPSA) is 87.5 Å². The minimum atomic E-state index is -0.517. The van der Waals surface area contributed by atoms with Crippen molar-refractivity contribution in [3.63, 3.8) is 0 Å². The summed E-state index contributed by atoms with van der Waals surface area (Å²) in [6.07, 6.45) is 9.86. The smallest absolute Gasteiger partial charge is 0.313 e. The quantitative estimate of drug-likeness (QED) is 0.518. The Kier molecular flexibility index (Phi) is 7.90. The number of urea groups is 1. The molecule has 0 spiro atoms. The second-order valence-corrected chi connectivity index (χ2v) is 11.0. The molecule has 0 aromatic heterocycles. The number of nitrogens with two attached hydrogens (primary N) is 1. The van der Waals surface area contributed by atoms with Crippen molar-refractivity contribution in [3.05, 3.63) is 65.7 Å². The van der Waals surface area contributed by atoms with Crippen molar-refractivity contribution in [2.24, 2.45) is 17.6 Å². The Morgan fingerprint density at radius 2 is 1.72 bits per heavy atom. The van der Waals surface area contributed by atoms with E-state index < -0.39 is 6.03 Å². The number of fused-ring (bicyclic) bond motifs is 1. The Balaban J connectivity index is 1.40. The lowest BCUT2D eigenvalue weighted by molar-refractivity contribution is -0.132. The molecule has 4 N–H and O–H groups in total. The third-order valence-corrected chi connectivity index (χ3v) is 8.55. The van der Waals surface area contributed by atoms with E-state index in [1.807, 2.05) is 6.07 Å². The molecule has 2 fully saturated rings. The Morgan fingerprint density at radius 3 is 2.50 bits per heavy atom. The third-order valence-electron chi connectivity index (χ3n) is 8.55. The highest BCUT2D eigenvalue weighted by Gasteiger charge is 2.43. The molecule has 2 amide bonds. The van der Waals surface area contributed by atoms with Gasteiger partial charge in [-0.1, -0.05) is 67.8 Å². The standard InChI is InChI=1S/C30H40N4O2/c31-30(36)33-27-20-22(19-21-9-3-1-4-10-21)17-18-34(27)28(29(35)24-12-5-2-6-13-24)26-16-15-23-11-7-8-14-25(23)32-26/h1,3-4,7-11,14,22,24,26-28,32H,2,5-6,12-13,15-20H2,(H3,31,33,36). The van der Waals surface area contributed by atoms with Crippen LogP contribution in [0, 0.1) is 11.8 Å². The molecule has 6 nitrogen and oxygen atoms in total. The van der Waals surface area contributed by atoms with Crippen molar-refractivity contribution < 1.29 is 9.59 Å². The summed E-state index contributed by atoms with van der Waals surface area (Å²) in [5.74, 6) is 0.898. The zero-order valence-electron chi connectivity index (χ0n) is 21.2. The fourth-order valence-corrected chi connectivity index (χ4v) is 6.75. The van der Waals surface area contributed by atoms with E-state index in [1.54, 1.807) is 0 Å². The number of piperidine rings is 1. The van der Waals surface area contributed by atoms with E-state index in [0.717, 1.165) is 70.0 Å². The highest BCUT2D eigenvalue weighted by Crippen LogP contribution is 2.35. The first kappa shape index (κ1) is 24.8. The summed E-state index contributed by atoms with van der Waals surface area (Å²) in [4.78, 5) is 28.6. The molecule has 1 saturated carbocycles. The van der Waals surface area contributed by atoms with Crippen molar-refractivity contribution in [2.45, 2.75) is 82.5 Å². The van der Waals surface area contributed by atoms with Crippen LogP contribution in [0.25, 0.3) is 0 Å². The van der Waals surface area contributed by atoms with Crippen LogP contribution in [0.1, 0.15) is 62.5 Å². The molecule has 2 aromatic rings. The van der Waals surface area contributed by atoms with Gasteiger partial charge in [-0.25, -0.2) is 4.79 Å². The first-order chi connectivity index (χ1) is 17.6. The second-order valence-electron chi connectivity index (χ2n) is 11.0. The van der Waals surface area contributed by atoms with Gasteiger partial charge in [-0.15, -0.1) is 0 Å². The van der Waals surface area contributed by atoms with Crippen LogP contribution in [0.15, 0.2) is 54.6 Å². The van der Waals surface area contributed by atoms with E-state index in [1.165, 1.54) is 17.5 Å². The Labute approximate surface area is 215 Å². The fraction of sp³-hybridized carbons (Fsp3) is 0.533. The maximum atomic E-state index is 14.2. The predicted molar refractivity (Wildman–Crippen MR) is 144 cm³/mol. The van der Waals surface area contributed by atoms with Crippen molar-refractivity contribution in [2.75, 3.05) is 11.9 Å². The fourth-order valence-electron chi connectivity index (χ4n) is 6.75. The zero-order chi connectivity index (χ0) is 24.9. The molecule has 1 aliphatic carbocycles. The third kappa shape index (κ3) is 5.75. The first-order valence-electron chi connectivity index (χ1n) is 13.8. The molecule has 36 heavy (non-hydrogen) atoms. The summed E-state index contributed by atoms with van der Waals surface area (Å²) in [5.41, 5.74) is 9.43. The molecule has 2 heterocycles. The number of aryl methyl sites for hydroxylation is 1. The molecular formula is C30H40N4O2.